The summed E-state index contributed by atoms with van der Waals surface area (Å²) in [6.45, 7) is 2.84. The maximum atomic E-state index is 12.5. The molecule has 1 amide bonds. The van der Waals surface area contributed by atoms with Gasteiger partial charge in [0.05, 0.1) is 18.0 Å². The number of hydrogen-bond donors (Lipinski definition) is 2. The molecule has 3 aromatic rings. The zero-order valence-electron chi connectivity index (χ0n) is 16.1. The largest absolute Gasteiger partial charge is 0.350 e. The first-order chi connectivity index (χ1) is 13.8. The second kappa shape index (κ2) is 9.18. The lowest BCUT2D eigenvalue weighted by Crippen LogP contribution is -3.12. The van der Waals surface area contributed by atoms with Crippen LogP contribution >= 0.6 is 11.3 Å². The summed E-state index contributed by atoms with van der Waals surface area (Å²) in [6, 6.07) is 23.6. The Morgan fingerprint density at radius 2 is 1.79 bits per heavy atom. The van der Waals surface area contributed by atoms with Gasteiger partial charge in [0.25, 0.3) is 0 Å². The van der Waals surface area contributed by atoms with Crippen molar-refractivity contribution in [3.8, 4) is 0 Å². The number of benzene rings is 2. The quantitative estimate of drug-likeness (QED) is 0.637. The van der Waals surface area contributed by atoms with Crippen molar-refractivity contribution in [1.82, 2.24) is 5.32 Å². The number of amides is 1. The van der Waals surface area contributed by atoms with Gasteiger partial charge in [-0.25, -0.2) is 0 Å². The molecule has 28 heavy (non-hydrogen) atoms. The van der Waals surface area contributed by atoms with Crippen molar-refractivity contribution >= 4 is 17.2 Å². The van der Waals surface area contributed by atoms with E-state index in [9.17, 15) is 4.79 Å². The molecule has 0 bridgehead atoms. The molecule has 0 saturated carbocycles. The second-order valence-electron chi connectivity index (χ2n) is 7.46. The van der Waals surface area contributed by atoms with Gasteiger partial charge >= 0.3 is 0 Å². The van der Waals surface area contributed by atoms with Crippen molar-refractivity contribution in [1.29, 1.82) is 0 Å². The highest BCUT2D eigenvalue weighted by atomic mass is 32.1. The van der Waals surface area contributed by atoms with Crippen LogP contribution in [0.3, 0.4) is 0 Å². The molecule has 0 saturated heterocycles. The van der Waals surface area contributed by atoms with Gasteiger partial charge in [-0.3, -0.25) is 4.79 Å². The topological polar surface area (TPSA) is 33.5 Å². The van der Waals surface area contributed by atoms with E-state index < -0.39 is 0 Å². The first-order valence-electron chi connectivity index (χ1n) is 10.0. The van der Waals surface area contributed by atoms with Crippen molar-refractivity contribution in [2.24, 2.45) is 0 Å². The number of carbonyl (C=O) groups is 1. The van der Waals surface area contributed by atoms with Crippen LogP contribution in [0.4, 0.5) is 0 Å². The molecule has 144 valence electrons. The number of rotatable bonds is 7. The van der Waals surface area contributed by atoms with Crippen molar-refractivity contribution in [3.63, 3.8) is 0 Å². The third kappa shape index (κ3) is 4.70. The fourth-order valence-electron chi connectivity index (χ4n) is 4.04. The minimum absolute atomic E-state index is 0.141. The van der Waals surface area contributed by atoms with Crippen LogP contribution in [0.15, 0.2) is 72.1 Å². The van der Waals surface area contributed by atoms with E-state index in [2.05, 4.69) is 59.2 Å². The molecule has 4 heteroatoms. The summed E-state index contributed by atoms with van der Waals surface area (Å²) in [5.74, 6) is 0.141. The smallest absolute Gasteiger partial charge is 0.220 e. The summed E-state index contributed by atoms with van der Waals surface area (Å²) < 4.78 is 0. The van der Waals surface area contributed by atoms with E-state index in [1.54, 1.807) is 16.2 Å². The molecule has 0 fully saturated rings. The fraction of sp³-hybridized carbons (Fsp3) is 0.292. The highest BCUT2D eigenvalue weighted by Crippen LogP contribution is 2.19. The minimum Gasteiger partial charge on any atom is -0.350 e. The predicted molar refractivity (Wildman–Crippen MR) is 115 cm³/mol. The van der Waals surface area contributed by atoms with Gasteiger partial charge in [0.1, 0.15) is 12.6 Å². The van der Waals surface area contributed by atoms with E-state index in [1.807, 2.05) is 18.2 Å². The number of nitrogens with one attached hydrogen (secondary N) is 2. The Morgan fingerprint density at radius 3 is 2.57 bits per heavy atom. The first kappa shape index (κ1) is 18.9. The highest BCUT2D eigenvalue weighted by molar-refractivity contribution is 7.10. The van der Waals surface area contributed by atoms with Gasteiger partial charge in [-0.05, 0) is 29.0 Å². The predicted octanol–water partition coefficient (Wildman–Crippen LogP) is 3.18. The molecule has 1 aliphatic rings. The van der Waals surface area contributed by atoms with Crippen LogP contribution in [-0.2, 0) is 24.2 Å². The van der Waals surface area contributed by atoms with Gasteiger partial charge in [0.2, 0.25) is 5.91 Å². The van der Waals surface area contributed by atoms with E-state index in [4.69, 9.17) is 0 Å². The summed E-state index contributed by atoms with van der Waals surface area (Å²) in [4.78, 5) is 15.4. The molecule has 2 atom stereocenters. The normalized spacial score (nSPS) is 16.9. The van der Waals surface area contributed by atoms with Crippen LogP contribution in [0.5, 0.6) is 0 Å². The lowest BCUT2D eigenvalue weighted by atomic mass is 9.98. The molecule has 1 aliphatic heterocycles. The third-order valence-electron chi connectivity index (χ3n) is 5.62. The van der Waals surface area contributed by atoms with E-state index in [0.717, 1.165) is 25.9 Å². The molecule has 1 unspecified atom stereocenters. The summed E-state index contributed by atoms with van der Waals surface area (Å²) in [5.41, 5.74) is 4.13. The molecular formula is C24H27N2OS+. The van der Waals surface area contributed by atoms with Gasteiger partial charge in [0, 0.05) is 18.4 Å². The van der Waals surface area contributed by atoms with Gasteiger partial charge in [-0.1, -0.05) is 60.7 Å². The van der Waals surface area contributed by atoms with Crippen molar-refractivity contribution < 1.29 is 9.69 Å². The SMILES string of the molecule is O=C(CCc1ccccc1)NC[C@H](c1cccs1)[NH+]1CCc2ccccc2C1. The van der Waals surface area contributed by atoms with Crippen LogP contribution in [0.2, 0.25) is 0 Å². The summed E-state index contributed by atoms with van der Waals surface area (Å²) in [5, 5.41) is 5.35. The summed E-state index contributed by atoms with van der Waals surface area (Å²) in [7, 11) is 0. The number of quaternary nitrogens is 1. The molecule has 0 spiro atoms. The molecule has 2 heterocycles. The van der Waals surface area contributed by atoms with E-state index >= 15 is 0 Å². The number of thiophene rings is 1. The maximum Gasteiger partial charge on any atom is 0.220 e. The van der Waals surface area contributed by atoms with Crippen molar-refractivity contribution in [3.05, 3.63) is 93.7 Å². The van der Waals surface area contributed by atoms with Crippen LogP contribution in [0.25, 0.3) is 0 Å². The third-order valence-corrected chi connectivity index (χ3v) is 6.60. The Labute approximate surface area is 171 Å². The Kier molecular flexibility index (Phi) is 6.20. The van der Waals surface area contributed by atoms with Crippen LogP contribution in [0, 0.1) is 0 Å². The molecule has 1 aromatic heterocycles. The zero-order chi connectivity index (χ0) is 19.2. The molecule has 3 nitrogen and oxygen atoms in total. The number of hydrogen-bond acceptors (Lipinski definition) is 2. The van der Waals surface area contributed by atoms with Crippen LogP contribution in [0.1, 0.15) is 34.0 Å². The van der Waals surface area contributed by atoms with E-state index in [-0.39, 0.29) is 5.91 Å². The van der Waals surface area contributed by atoms with Gasteiger partial charge < -0.3 is 10.2 Å². The second-order valence-corrected chi connectivity index (χ2v) is 8.44. The Bertz CT molecular complexity index is 892. The molecule has 0 aliphatic carbocycles. The van der Waals surface area contributed by atoms with Gasteiger partial charge in [-0.2, -0.15) is 0 Å². The van der Waals surface area contributed by atoms with Gasteiger partial charge in [0.15, 0.2) is 0 Å². The molecular weight excluding hydrogens is 364 g/mol. The Balaban J connectivity index is 1.38. The van der Waals surface area contributed by atoms with Gasteiger partial charge in [-0.15, -0.1) is 11.3 Å². The van der Waals surface area contributed by atoms with E-state index in [1.165, 1.54) is 21.6 Å². The van der Waals surface area contributed by atoms with Crippen LogP contribution in [-0.4, -0.2) is 19.0 Å². The van der Waals surface area contributed by atoms with Crippen LogP contribution < -0.4 is 10.2 Å². The number of carbonyl (C=O) groups excluding carboxylic acids is 1. The molecule has 2 aromatic carbocycles. The molecule has 4 rings (SSSR count). The average Bonchev–Trinajstić information content (AvgIpc) is 3.27. The first-order valence-corrected chi connectivity index (χ1v) is 10.9. The molecule has 2 N–H and O–H groups in total. The Hall–Kier alpha value is -2.43. The minimum atomic E-state index is 0.141. The van der Waals surface area contributed by atoms with Crippen molar-refractivity contribution in [2.45, 2.75) is 31.8 Å². The monoisotopic (exact) mass is 391 g/mol. The average molecular weight is 392 g/mol. The Morgan fingerprint density at radius 1 is 1.00 bits per heavy atom. The standard InChI is InChI=1S/C24H26N2OS/c27-24(13-12-19-7-2-1-3-8-19)25-17-22(23-11-6-16-28-23)26-15-14-20-9-4-5-10-21(20)18-26/h1-11,16,22H,12-15,17-18H2,(H,25,27)/p+1/t22-/m1/s1. The maximum absolute atomic E-state index is 12.5. The fourth-order valence-corrected chi connectivity index (χ4v) is 4.93. The summed E-state index contributed by atoms with van der Waals surface area (Å²) >= 11 is 1.80. The number of aryl methyl sites for hydroxylation is 1. The number of fused-ring (bicyclic) bond motifs is 1. The lowest BCUT2D eigenvalue weighted by Gasteiger charge is -2.32. The molecule has 0 radical (unpaired) electrons. The lowest BCUT2D eigenvalue weighted by molar-refractivity contribution is -0.945. The van der Waals surface area contributed by atoms with Crippen molar-refractivity contribution in [2.75, 3.05) is 13.1 Å². The summed E-state index contributed by atoms with van der Waals surface area (Å²) in [6.07, 6.45) is 2.44. The van der Waals surface area contributed by atoms with E-state index in [0.29, 0.717) is 19.0 Å². The zero-order valence-corrected chi connectivity index (χ0v) is 16.9. The highest BCUT2D eigenvalue weighted by Gasteiger charge is 2.29.